The van der Waals surface area contributed by atoms with Gasteiger partial charge in [-0.1, -0.05) is 0 Å². The largest absolute Gasteiger partial charge is 0.456 e. The first-order chi connectivity index (χ1) is 10.8. The highest BCUT2D eigenvalue weighted by atomic mass is 32.2. The van der Waals surface area contributed by atoms with E-state index in [9.17, 15) is 12.8 Å². The Balaban J connectivity index is 2.12. The minimum Gasteiger partial charge on any atom is -0.456 e. The summed E-state index contributed by atoms with van der Waals surface area (Å²) in [6, 6.07) is 11.5. The predicted molar refractivity (Wildman–Crippen MR) is 89.6 cm³/mol. The van der Waals surface area contributed by atoms with Crippen molar-refractivity contribution in [1.29, 1.82) is 0 Å². The maximum Gasteiger partial charge on any atom is 0.232 e. The summed E-state index contributed by atoms with van der Waals surface area (Å²) in [4.78, 5) is 0. The van der Waals surface area contributed by atoms with E-state index in [0.29, 0.717) is 17.0 Å². The zero-order chi connectivity index (χ0) is 16.8. The molecule has 0 saturated heterocycles. The van der Waals surface area contributed by atoms with Crippen LogP contribution in [0.2, 0.25) is 0 Å². The second-order valence-corrected chi connectivity index (χ2v) is 7.54. The van der Waals surface area contributed by atoms with Crippen molar-refractivity contribution in [3.63, 3.8) is 0 Å². The summed E-state index contributed by atoms with van der Waals surface area (Å²) in [5.74, 6) is 0.302. The Kier molecular flexibility index (Phi) is 3.64. The van der Waals surface area contributed by atoms with E-state index in [1.54, 1.807) is 18.2 Å². The number of furan rings is 1. The van der Waals surface area contributed by atoms with Gasteiger partial charge in [-0.3, -0.25) is 4.31 Å². The number of rotatable bonds is 3. The Bertz CT molecular complexity index is 975. The number of aryl methyl sites for hydroxylation is 1. The molecular formula is C17H16FNO3S. The smallest absolute Gasteiger partial charge is 0.232 e. The Morgan fingerprint density at radius 1 is 1.09 bits per heavy atom. The summed E-state index contributed by atoms with van der Waals surface area (Å²) in [5, 5.41) is 0.868. The van der Waals surface area contributed by atoms with Crippen LogP contribution in [-0.4, -0.2) is 21.7 Å². The lowest BCUT2D eigenvalue weighted by Crippen LogP contribution is -2.25. The summed E-state index contributed by atoms with van der Waals surface area (Å²) in [5.41, 5.74) is 2.75. The Morgan fingerprint density at radius 3 is 2.35 bits per heavy atom. The first kappa shape index (κ1) is 15.6. The molecule has 0 aliphatic rings. The standard InChI is InChI=1S/C17H16FNO3S/c1-11-8-13-9-16(12-4-6-14(18)7-5-12)22-17(13)10-15(11)19(2)23(3,20)21/h4-10H,1-3H3. The van der Waals surface area contributed by atoms with Crippen molar-refractivity contribution in [2.45, 2.75) is 6.92 Å². The van der Waals surface area contributed by atoms with E-state index in [1.807, 2.05) is 19.1 Å². The Hall–Kier alpha value is -2.34. The average molecular weight is 333 g/mol. The van der Waals surface area contributed by atoms with Crippen LogP contribution in [0.5, 0.6) is 0 Å². The van der Waals surface area contributed by atoms with Crippen molar-refractivity contribution in [2.24, 2.45) is 0 Å². The molecule has 0 bridgehead atoms. The fourth-order valence-electron chi connectivity index (χ4n) is 2.46. The van der Waals surface area contributed by atoms with E-state index >= 15 is 0 Å². The van der Waals surface area contributed by atoms with Gasteiger partial charge >= 0.3 is 0 Å². The highest BCUT2D eigenvalue weighted by Crippen LogP contribution is 2.33. The van der Waals surface area contributed by atoms with Crippen LogP contribution in [-0.2, 0) is 10.0 Å². The number of hydrogen-bond acceptors (Lipinski definition) is 3. The van der Waals surface area contributed by atoms with Crippen LogP contribution < -0.4 is 4.31 Å². The van der Waals surface area contributed by atoms with Gasteiger partial charge in [-0.05, 0) is 48.9 Å². The van der Waals surface area contributed by atoms with Gasteiger partial charge in [0.25, 0.3) is 0 Å². The van der Waals surface area contributed by atoms with Crippen LogP contribution >= 0.6 is 0 Å². The number of nitrogens with zero attached hydrogens (tertiary/aromatic N) is 1. The molecule has 1 heterocycles. The molecule has 6 heteroatoms. The SMILES string of the molecule is Cc1cc2cc(-c3ccc(F)cc3)oc2cc1N(C)S(C)(=O)=O. The second-order valence-electron chi connectivity index (χ2n) is 5.52. The average Bonchev–Trinajstić information content (AvgIpc) is 2.88. The number of sulfonamides is 1. The summed E-state index contributed by atoms with van der Waals surface area (Å²) >= 11 is 0. The van der Waals surface area contributed by atoms with Crippen molar-refractivity contribution in [3.05, 3.63) is 53.8 Å². The van der Waals surface area contributed by atoms with E-state index in [1.165, 1.54) is 23.5 Å². The third-order valence-electron chi connectivity index (χ3n) is 3.80. The lowest BCUT2D eigenvalue weighted by Gasteiger charge is -2.18. The van der Waals surface area contributed by atoms with Crippen LogP contribution in [0.15, 0.2) is 46.9 Å². The zero-order valence-corrected chi connectivity index (χ0v) is 13.8. The van der Waals surface area contributed by atoms with Gasteiger partial charge in [0, 0.05) is 24.1 Å². The summed E-state index contributed by atoms with van der Waals surface area (Å²) in [6.45, 7) is 1.85. The van der Waals surface area contributed by atoms with Gasteiger partial charge in [-0.25, -0.2) is 12.8 Å². The zero-order valence-electron chi connectivity index (χ0n) is 13.0. The molecule has 0 amide bonds. The maximum absolute atomic E-state index is 13.0. The molecule has 0 atom stereocenters. The molecule has 0 aliphatic carbocycles. The minimum absolute atomic E-state index is 0.308. The molecule has 0 N–H and O–H groups in total. The van der Waals surface area contributed by atoms with Crippen molar-refractivity contribution in [3.8, 4) is 11.3 Å². The van der Waals surface area contributed by atoms with Crippen LogP contribution in [0, 0.1) is 12.7 Å². The number of halogens is 1. The normalized spacial score (nSPS) is 11.8. The highest BCUT2D eigenvalue weighted by Gasteiger charge is 2.17. The molecular weight excluding hydrogens is 317 g/mol. The monoisotopic (exact) mass is 333 g/mol. The molecule has 1 aromatic heterocycles. The van der Waals surface area contributed by atoms with E-state index in [0.717, 1.165) is 22.8 Å². The van der Waals surface area contributed by atoms with E-state index < -0.39 is 10.0 Å². The van der Waals surface area contributed by atoms with Crippen molar-refractivity contribution < 1.29 is 17.2 Å². The molecule has 0 aliphatic heterocycles. The molecule has 0 radical (unpaired) electrons. The van der Waals surface area contributed by atoms with Gasteiger partial charge < -0.3 is 4.42 Å². The summed E-state index contributed by atoms with van der Waals surface area (Å²) in [7, 11) is -1.84. The van der Waals surface area contributed by atoms with E-state index in [2.05, 4.69) is 0 Å². The molecule has 0 saturated carbocycles. The number of benzene rings is 2. The quantitative estimate of drug-likeness (QED) is 0.729. The van der Waals surface area contributed by atoms with E-state index in [-0.39, 0.29) is 5.82 Å². The first-order valence-corrected chi connectivity index (χ1v) is 8.84. The molecule has 2 aromatic carbocycles. The van der Waals surface area contributed by atoms with Crippen LogP contribution in [0.3, 0.4) is 0 Å². The van der Waals surface area contributed by atoms with Crippen molar-refractivity contribution in [1.82, 2.24) is 0 Å². The van der Waals surface area contributed by atoms with Gasteiger partial charge in [0.2, 0.25) is 10.0 Å². The third-order valence-corrected chi connectivity index (χ3v) is 4.99. The fraction of sp³-hybridized carbons (Fsp3) is 0.176. The van der Waals surface area contributed by atoms with Crippen LogP contribution in [0.25, 0.3) is 22.3 Å². The molecule has 0 spiro atoms. The lowest BCUT2D eigenvalue weighted by atomic mass is 10.1. The maximum atomic E-state index is 13.0. The van der Waals surface area contributed by atoms with Gasteiger partial charge in [0.15, 0.2) is 0 Å². The summed E-state index contributed by atoms with van der Waals surface area (Å²) < 4.78 is 43.5. The third kappa shape index (κ3) is 2.94. The van der Waals surface area contributed by atoms with Crippen molar-refractivity contribution in [2.75, 3.05) is 17.6 Å². The summed E-state index contributed by atoms with van der Waals surface area (Å²) in [6.07, 6.45) is 1.16. The molecule has 23 heavy (non-hydrogen) atoms. The molecule has 4 nitrogen and oxygen atoms in total. The molecule has 0 fully saturated rings. The van der Waals surface area contributed by atoms with Gasteiger partial charge in [-0.2, -0.15) is 0 Å². The second kappa shape index (κ2) is 5.38. The first-order valence-electron chi connectivity index (χ1n) is 7.00. The Morgan fingerprint density at radius 2 is 1.74 bits per heavy atom. The number of hydrogen-bond donors (Lipinski definition) is 0. The van der Waals surface area contributed by atoms with Gasteiger partial charge in [-0.15, -0.1) is 0 Å². The molecule has 3 rings (SSSR count). The van der Waals surface area contributed by atoms with E-state index in [4.69, 9.17) is 4.42 Å². The molecule has 3 aromatic rings. The highest BCUT2D eigenvalue weighted by molar-refractivity contribution is 7.92. The van der Waals surface area contributed by atoms with Gasteiger partial charge in [0.1, 0.15) is 17.2 Å². The van der Waals surface area contributed by atoms with Crippen LogP contribution in [0.1, 0.15) is 5.56 Å². The lowest BCUT2D eigenvalue weighted by molar-refractivity contribution is 0.600. The van der Waals surface area contributed by atoms with Crippen molar-refractivity contribution >= 4 is 26.7 Å². The fourth-order valence-corrected chi connectivity index (χ4v) is 3.02. The van der Waals surface area contributed by atoms with Gasteiger partial charge in [0.05, 0.1) is 11.9 Å². The Labute approximate surface area is 134 Å². The molecule has 120 valence electrons. The number of anilines is 1. The predicted octanol–water partition coefficient (Wildman–Crippen LogP) is 3.94. The topological polar surface area (TPSA) is 50.5 Å². The minimum atomic E-state index is -3.35. The molecule has 0 unspecified atom stereocenters. The van der Waals surface area contributed by atoms with Crippen LogP contribution in [0.4, 0.5) is 10.1 Å². The number of fused-ring (bicyclic) bond motifs is 1.